The van der Waals surface area contributed by atoms with Crippen molar-refractivity contribution in [2.45, 2.75) is 46.6 Å². The van der Waals surface area contributed by atoms with Crippen molar-refractivity contribution >= 4 is 5.57 Å². The lowest BCUT2D eigenvalue weighted by Crippen LogP contribution is -2.37. The summed E-state index contributed by atoms with van der Waals surface area (Å²) in [5.41, 5.74) is 2.32. The predicted molar refractivity (Wildman–Crippen MR) is 84.2 cm³/mol. The van der Waals surface area contributed by atoms with Gasteiger partial charge in [-0.15, -0.1) is 0 Å². The maximum Gasteiger partial charge on any atom is 0.106 e. The maximum absolute atomic E-state index is 13.6. The number of halogens is 1. The molecule has 0 unspecified atom stereocenters. The third-order valence-electron chi connectivity index (χ3n) is 2.82. The van der Waals surface area contributed by atoms with Crippen molar-refractivity contribution in [3.8, 4) is 0 Å². The molecule has 0 saturated carbocycles. The van der Waals surface area contributed by atoms with Gasteiger partial charge in [0.15, 0.2) is 0 Å². The van der Waals surface area contributed by atoms with Crippen LogP contribution in [0.4, 0.5) is 4.39 Å². The van der Waals surface area contributed by atoms with Crippen LogP contribution < -0.4 is 5.32 Å². The summed E-state index contributed by atoms with van der Waals surface area (Å²) >= 11 is 0. The average Bonchev–Trinajstić information content (AvgIpc) is 2.34. The number of nitrogens with one attached hydrogen (secondary N) is 1. The second-order valence-electron chi connectivity index (χ2n) is 5.89. The molecule has 0 aliphatic carbocycles. The molecule has 0 bridgehead atoms. The highest BCUT2D eigenvalue weighted by Crippen LogP contribution is 2.19. The predicted octanol–water partition coefficient (Wildman–Crippen LogP) is 4.29. The Morgan fingerprint density at radius 1 is 1.35 bits per heavy atom. The Labute approximate surface area is 121 Å². The van der Waals surface area contributed by atoms with Crippen molar-refractivity contribution in [2.75, 3.05) is 6.54 Å². The SMILES string of the molecule is C/C=C\C(=C(/C)F)c1cccc(CCNC(C)(C)C)n1. The quantitative estimate of drug-likeness (QED) is 0.812. The summed E-state index contributed by atoms with van der Waals surface area (Å²) < 4.78 is 13.6. The van der Waals surface area contributed by atoms with Gasteiger partial charge in [0, 0.05) is 29.8 Å². The van der Waals surface area contributed by atoms with Gasteiger partial charge in [-0.1, -0.05) is 18.2 Å². The number of hydrogen-bond donors (Lipinski definition) is 1. The lowest BCUT2D eigenvalue weighted by Gasteiger charge is -2.20. The van der Waals surface area contributed by atoms with E-state index < -0.39 is 0 Å². The molecule has 3 heteroatoms. The third-order valence-corrected chi connectivity index (χ3v) is 2.82. The zero-order chi connectivity index (χ0) is 15.2. The number of allylic oxidation sites excluding steroid dienone is 4. The number of aromatic nitrogens is 1. The molecular formula is C17H25FN2. The van der Waals surface area contributed by atoms with E-state index >= 15 is 0 Å². The molecule has 110 valence electrons. The topological polar surface area (TPSA) is 24.9 Å². The lowest BCUT2D eigenvalue weighted by molar-refractivity contribution is 0.428. The second-order valence-corrected chi connectivity index (χ2v) is 5.89. The number of nitrogens with zero attached hydrogens (tertiary/aromatic N) is 1. The van der Waals surface area contributed by atoms with Gasteiger partial charge in [-0.3, -0.25) is 4.98 Å². The first-order valence-corrected chi connectivity index (χ1v) is 7.04. The minimum absolute atomic E-state index is 0.100. The molecule has 0 fully saturated rings. The van der Waals surface area contributed by atoms with E-state index in [1.165, 1.54) is 6.92 Å². The first kappa shape index (κ1) is 16.6. The third kappa shape index (κ3) is 5.66. The molecule has 0 atom stereocenters. The van der Waals surface area contributed by atoms with Crippen LogP contribution in [0.25, 0.3) is 5.57 Å². The summed E-state index contributed by atoms with van der Waals surface area (Å²) in [6, 6.07) is 5.76. The normalized spacial score (nSPS) is 13.7. The fraction of sp³-hybridized carbons (Fsp3) is 0.471. The molecule has 2 nitrogen and oxygen atoms in total. The highest BCUT2D eigenvalue weighted by atomic mass is 19.1. The van der Waals surface area contributed by atoms with Gasteiger partial charge in [-0.25, -0.2) is 4.39 Å². The van der Waals surface area contributed by atoms with Gasteiger partial charge in [0.2, 0.25) is 0 Å². The zero-order valence-electron chi connectivity index (χ0n) is 13.1. The molecule has 1 heterocycles. The Bertz CT molecular complexity index is 492. The van der Waals surface area contributed by atoms with E-state index in [-0.39, 0.29) is 11.4 Å². The molecular weight excluding hydrogens is 251 g/mol. The van der Waals surface area contributed by atoms with E-state index in [4.69, 9.17) is 0 Å². The van der Waals surface area contributed by atoms with Crippen LogP contribution in [0.3, 0.4) is 0 Å². The first-order valence-electron chi connectivity index (χ1n) is 7.04. The van der Waals surface area contributed by atoms with Gasteiger partial charge < -0.3 is 5.32 Å². The van der Waals surface area contributed by atoms with Crippen molar-refractivity contribution in [3.63, 3.8) is 0 Å². The van der Waals surface area contributed by atoms with Crippen LogP contribution in [0.2, 0.25) is 0 Å². The summed E-state index contributed by atoms with van der Waals surface area (Å²) in [5.74, 6) is -0.208. The minimum atomic E-state index is -0.208. The van der Waals surface area contributed by atoms with Gasteiger partial charge in [0.1, 0.15) is 5.83 Å². The Hall–Kier alpha value is -1.48. The van der Waals surface area contributed by atoms with Gasteiger partial charge in [0.25, 0.3) is 0 Å². The van der Waals surface area contributed by atoms with E-state index in [2.05, 4.69) is 31.1 Å². The molecule has 0 radical (unpaired) electrons. The van der Waals surface area contributed by atoms with E-state index in [0.29, 0.717) is 11.3 Å². The summed E-state index contributed by atoms with van der Waals surface area (Å²) in [5, 5.41) is 3.43. The Kier molecular flexibility index (Phi) is 6.08. The van der Waals surface area contributed by atoms with Crippen LogP contribution in [0, 0.1) is 0 Å². The van der Waals surface area contributed by atoms with E-state index in [0.717, 1.165) is 18.7 Å². The maximum atomic E-state index is 13.6. The highest BCUT2D eigenvalue weighted by molar-refractivity contribution is 5.72. The van der Waals surface area contributed by atoms with Crippen molar-refractivity contribution in [3.05, 3.63) is 47.6 Å². The number of hydrogen-bond acceptors (Lipinski definition) is 2. The first-order chi connectivity index (χ1) is 9.33. The lowest BCUT2D eigenvalue weighted by atomic mass is 10.1. The Morgan fingerprint density at radius 3 is 2.60 bits per heavy atom. The largest absolute Gasteiger partial charge is 0.312 e. The Morgan fingerprint density at radius 2 is 2.05 bits per heavy atom. The second kappa shape index (κ2) is 7.34. The monoisotopic (exact) mass is 276 g/mol. The van der Waals surface area contributed by atoms with Gasteiger partial charge in [-0.2, -0.15) is 0 Å². The summed E-state index contributed by atoms with van der Waals surface area (Å²) in [6.45, 7) is 10.6. The molecule has 0 aromatic carbocycles. The van der Waals surface area contributed by atoms with Crippen molar-refractivity contribution in [2.24, 2.45) is 0 Å². The fourth-order valence-corrected chi connectivity index (χ4v) is 1.88. The van der Waals surface area contributed by atoms with Crippen LogP contribution in [0.1, 0.15) is 46.0 Å². The van der Waals surface area contributed by atoms with E-state index in [9.17, 15) is 4.39 Å². The fourth-order valence-electron chi connectivity index (χ4n) is 1.88. The Balaban J connectivity index is 2.83. The van der Waals surface area contributed by atoms with E-state index in [1.54, 1.807) is 6.08 Å². The van der Waals surface area contributed by atoms with Crippen LogP contribution in [0.15, 0.2) is 36.2 Å². The molecule has 0 aliphatic rings. The van der Waals surface area contributed by atoms with Crippen molar-refractivity contribution in [1.82, 2.24) is 10.3 Å². The molecule has 1 aromatic rings. The molecule has 1 N–H and O–H groups in total. The number of rotatable bonds is 5. The van der Waals surface area contributed by atoms with Crippen LogP contribution in [-0.4, -0.2) is 17.1 Å². The van der Waals surface area contributed by atoms with Gasteiger partial charge in [0.05, 0.1) is 5.69 Å². The van der Waals surface area contributed by atoms with E-state index in [1.807, 2.05) is 31.2 Å². The molecule has 0 saturated heterocycles. The standard InChI is InChI=1S/C17H25FN2/c1-6-8-15(13(2)18)16-10-7-9-14(20-16)11-12-19-17(3,4)5/h6-10,19H,11-12H2,1-5H3/b8-6-,15-13-. The summed E-state index contributed by atoms with van der Waals surface area (Å²) in [7, 11) is 0. The molecule has 0 spiro atoms. The van der Waals surface area contributed by atoms with Gasteiger partial charge in [-0.05, 0) is 46.8 Å². The average molecular weight is 276 g/mol. The molecule has 0 amide bonds. The summed E-state index contributed by atoms with van der Waals surface area (Å²) in [4.78, 5) is 4.54. The minimum Gasteiger partial charge on any atom is -0.312 e. The van der Waals surface area contributed by atoms with Crippen LogP contribution in [0.5, 0.6) is 0 Å². The van der Waals surface area contributed by atoms with Gasteiger partial charge >= 0.3 is 0 Å². The van der Waals surface area contributed by atoms with Crippen molar-refractivity contribution < 1.29 is 4.39 Å². The molecule has 20 heavy (non-hydrogen) atoms. The van der Waals surface area contributed by atoms with Crippen LogP contribution in [-0.2, 0) is 6.42 Å². The summed E-state index contributed by atoms with van der Waals surface area (Å²) in [6.07, 6.45) is 4.42. The van der Waals surface area contributed by atoms with Crippen LogP contribution >= 0.6 is 0 Å². The zero-order valence-corrected chi connectivity index (χ0v) is 13.1. The van der Waals surface area contributed by atoms with Crippen molar-refractivity contribution in [1.29, 1.82) is 0 Å². The molecule has 0 aliphatic heterocycles. The molecule has 1 rings (SSSR count). The number of pyridine rings is 1. The smallest absolute Gasteiger partial charge is 0.106 e. The molecule has 1 aromatic heterocycles. The highest BCUT2D eigenvalue weighted by Gasteiger charge is 2.09.